The van der Waals surface area contributed by atoms with Gasteiger partial charge in [-0.3, -0.25) is 0 Å². The van der Waals surface area contributed by atoms with E-state index in [2.05, 4.69) is 5.32 Å². The van der Waals surface area contributed by atoms with Crippen LogP contribution in [-0.4, -0.2) is 0 Å². The van der Waals surface area contributed by atoms with Gasteiger partial charge in [-0.05, 0) is 35.9 Å². The van der Waals surface area contributed by atoms with Gasteiger partial charge in [0.15, 0.2) is 0 Å². The standard InChI is InChI=1S/C14H9ClF5N/c15-12-5-9(16)2-1-8(12)7-21-10-3-4-13(17)11(6-10)14(18,19)20/h1-6,21H,7H2. The molecule has 0 aliphatic heterocycles. The van der Waals surface area contributed by atoms with Crippen LogP contribution in [0.3, 0.4) is 0 Å². The summed E-state index contributed by atoms with van der Waals surface area (Å²) < 4.78 is 63.7. The number of nitrogens with one attached hydrogen (secondary N) is 1. The zero-order chi connectivity index (χ0) is 15.6. The highest BCUT2D eigenvalue weighted by Gasteiger charge is 2.34. The van der Waals surface area contributed by atoms with Crippen molar-refractivity contribution in [3.8, 4) is 0 Å². The Morgan fingerprint density at radius 2 is 1.71 bits per heavy atom. The number of benzene rings is 2. The van der Waals surface area contributed by atoms with Crippen molar-refractivity contribution in [1.82, 2.24) is 0 Å². The summed E-state index contributed by atoms with van der Waals surface area (Å²) in [6.45, 7) is 0.0854. The molecule has 0 saturated carbocycles. The van der Waals surface area contributed by atoms with Gasteiger partial charge in [0.05, 0.1) is 5.56 Å². The number of hydrogen-bond acceptors (Lipinski definition) is 1. The maximum absolute atomic E-state index is 13.1. The lowest BCUT2D eigenvalue weighted by molar-refractivity contribution is -0.139. The van der Waals surface area contributed by atoms with Crippen LogP contribution in [0.2, 0.25) is 5.02 Å². The molecule has 0 radical (unpaired) electrons. The molecule has 0 bridgehead atoms. The smallest absolute Gasteiger partial charge is 0.381 e. The Labute approximate surface area is 122 Å². The molecule has 0 amide bonds. The van der Waals surface area contributed by atoms with E-state index in [0.29, 0.717) is 11.6 Å². The Morgan fingerprint density at radius 3 is 2.33 bits per heavy atom. The summed E-state index contributed by atoms with van der Waals surface area (Å²) in [6.07, 6.45) is -4.77. The van der Waals surface area contributed by atoms with Crippen LogP contribution in [0.15, 0.2) is 36.4 Å². The van der Waals surface area contributed by atoms with Crippen LogP contribution in [0.5, 0.6) is 0 Å². The quantitative estimate of drug-likeness (QED) is 0.761. The third-order valence-electron chi connectivity index (χ3n) is 2.77. The molecule has 1 N–H and O–H groups in total. The van der Waals surface area contributed by atoms with Crippen molar-refractivity contribution in [3.05, 3.63) is 64.2 Å². The third-order valence-corrected chi connectivity index (χ3v) is 3.12. The van der Waals surface area contributed by atoms with Gasteiger partial charge in [-0.25, -0.2) is 8.78 Å². The summed E-state index contributed by atoms with van der Waals surface area (Å²) in [4.78, 5) is 0. The van der Waals surface area contributed by atoms with Gasteiger partial charge in [0.25, 0.3) is 0 Å². The second-order valence-electron chi connectivity index (χ2n) is 4.28. The first kappa shape index (κ1) is 15.6. The van der Waals surface area contributed by atoms with Crippen molar-refractivity contribution in [2.45, 2.75) is 12.7 Å². The average molecular weight is 322 g/mol. The van der Waals surface area contributed by atoms with E-state index in [1.807, 2.05) is 0 Å². The number of alkyl halides is 3. The van der Waals surface area contributed by atoms with Gasteiger partial charge in [0, 0.05) is 17.3 Å². The van der Waals surface area contributed by atoms with Gasteiger partial charge >= 0.3 is 6.18 Å². The highest BCUT2D eigenvalue weighted by Crippen LogP contribution is 2.33. The first-order chi connectivity index (χ1) is 9.77. The minimum Gasteiger partial charge on any atom is -0.381 e. The average Bonchev–Trinajstić information content (AvgIpc) is 2.38. The lowest BCUT2D eigenvalue weighted by Gasteiger charge is -2.12. The summed E-state index contributed by atoms with van der Waals surface area (Å²) in [5, 5.41) is 2.84. The molecule has 21 heavy (non-hydrogen) atoms. The number of hydrogen-bond donors (Lipinski definition) is 1. The van der Waals surface area contributed by atoms with Gasteiger partial charge in [-0.15, -0.1) is 0 Å². The Bertz CT molecular complexity index is 654. The molecule has 7 heteroatoms. The Balaban J connectivity index is 2.17. The third kappa shape index (κ3) is 3.85. The van der Waals surface area contributed by atoms with Gasteiger partial charge in [0.2, 0.25) is 0 Å². The van der Waals surface area contributed by atoms with E-state index < -0.39 is 23.4 Å². The van der Waals surface area contributed by atoms with E-state index in [-0.39, 0.29) is 17.3 Å². The number of halogens is 6. The van der Waals surface area contributed by atoms with Crippen molar-refractivity contribution >= 4 is 17.3 Å². The molecule has 2 rings (SSSR count). The second kappa shape index (κ2) is 5.89. The number of rotatable bonds is 3. The first-order valence-electron chi connectivity index (χ1n) is 5.82. The molecule has 1 nitrogen and oxygen atoms in total. The summed E-state index contributed by atoms with van der Waals surface area (Å²) in [7, 11) is 0. The van der Waals surface area contributed by atoms with Gasteiger partial charge < -0.3 is 5.32 Å². The Kier molecular flexibility index (Phi) is 4.37. The van der Waals surface area contributed by atoms with Crippen molar-refractivity contribution in [3.63, 3.8) is 0 Å². The maximum Gasteiger partial charge on any atom is 0.419 e. The minimum absolute atomic E-state index is 0.0854. The molecule has 0 fully saturated rings. The molecule has 0 aliphatic carbocycles. The summed E-state index contributed by atoms with van der Waals surface area (Å²) >= 11 is 5.80. The first-order valence-corrected chi connectivity index (χ1v) is 6.20. The summed E-state index contributed by atoms with van der Waals surface area (Å²) in [5.74, 6) is -1.85. The number of anilines is 1. The molecule has 0 saturated heterocycles. The van der Waals surface area contributed by atoms with E-state index >= 15 is 0 Å². The highest BCUT2D eigenvalue weighted by molar-refractivity contribution is 6.31. The van der Waals surface area contributed by atoms with Crippen molar-refractivity contribution < 1.29 is 22.0 Å². The van der Waals surface area contributed by atoms with Crippen LogP contribution in [0.25, 0.3) is 0 Å². The zero-order valence-corrected chi connectivity index (χ0v) is 11.2. The fraction of sp³-hybridized carbons (Fsp3) is 0.143. The minimum atomic E-state index is -4.77. The molecule has 2 aromatic rings. The van der Waals surface area contributed by atoms with E-state index in [1.54, 1.807) is 0 Å². The summed E-state index contributed by atoms with van der Waals surface area (Å²) in [6, 6.07) is 6.30. The normalized spacial score (nSPS) is 11.5. The highest BCUT2D eigenvalue weighted by atomic mass is 35.5. The van der Waals surface area contributed by atoms with E-state index in [0.717, 1.165) is 12.1 Å². The molecule has 0 spiro atoms. The SMILES string of the molecule is Fc1ccc(CNc2ccc(F)c(C(F)(F)F)c2)c(Cl)c1. The fourth-order valence-electron chi connectivity index (χ4n) is 1.71. The molecule has 0 aromatic heterocycles. The van der Waals surface area contributed by atoms with Crippen LogP contribution in [0, 0.1) is 11.6 Å². The van der Waals surface area contributed by atoms with Crippen molar-refractivity contribution in [2.24, 2.45) is 0 Å². The molecular weight excluding hydrogens is 313 g/mol. The van der Waals surface area contributed by atoms with E-state index in [1.165, 1.54) is 18.2 Å². The molecule has 0 aliphatic rings. The van der Waals surface area contributed by atoms with Crippen molar-refractivity contribution in [2.75, 3.05) is 5.32 Å². The van der Waals surface area contributed by atoms with Crippen LogP contribution < -0.4 is 5.32 Å². The molecule has 2 aromatic carbocycles. The summed E-state index contributed by atoms with van der Waals surface area (Å²) in [5.41, 5.74) is -0.752. The predicted octanol–water partition coefficient (Wildman–Crippen LogP) is 5.25. The monoisotopic (exact) mass is 321 g/mol. The van der Waals surface area contributed by atoms with Crippen molar-refractivity contribution in [1.29, 1.82) is 0 Å². The molecule has 0 unspecified atom stereocenters. The lowest BCUT2D eigenvalue weighted by Crippen LogP contribution is -2.09. The topological polar surface area (TPSA) is 12.0 Å². The van der Waals surface area contributed by atoms with E-state index in [4.69, 9.17) is 11.6 Å². The molecular formula is C14H9ClF5N. The predicted molar refractivity (Wildman–Crippen MR) is 70.1 cm³/mol. The van der Waals surface area contributed by atoms with Crippen LogP contribution in [0.4, 0.5) is 27.6 Å². The fourth-order valence-corrected chi connectivity index (χ4v) is 1.95. The van der Waals surface area contributed by atoms with Crippen LogP contribution >= 0.6 is 11.6 Å². The molecule has 0 atom stereocenters. The lowest BCUT2D eigenvalue weighted by atomic mass is 10.1. The molecule has 112 valence electrons. The maximum atomic E-state index is 13.1. The van der Waals surface area contributed by atoms with Crippen LogP contribution in [-0.2, 0) is 12.7 Å². The van der Waals surface area contributed by atoms with Gasteiger partial charge in [-0.2, -0.15) is 13.2 Å². The largest absolute Gasteiger partial charge is 0.419 e. The Hall–Kier alpha value is -1.82. The zero-order valence-electron chi connectivity index (χ0n) is 10.4. The van der Waals surface area contributed by atoms with E-state index in [9.17, 15) is 22.0 Å². The molecule has 0 heterocycles. The Morgan fingerprint density at radius 1 is 1.00 bits per heavy atom. The van der Waals surface area contributed by atoms with Crippen LogP contribution in [0.1, 0.15) is 11.1 Å². The second-order valence-corrected chi connectivity index (χ2v) is 4.69. The van der Waals surface area contributed by atoms with Gasteiger partial charge in [-0.1, -0.05) is 17.7 Å². The van der Waals surface area contributed by atoms with Gasteiger partial charge in [0.1, 0.15) is 11.6 Å².